The van der Waals surface area contributed by atoms with Gasteiger partial charge in [-0.15, -0.1) is 0 Å². The molecule has 0 aliphatic heterocycles. The Kier molecular flexibility index (Phi) is 3.73. The first-order chi connectivity index (χ1) is 10.1. The van der Waals surface area contributed by atoms with Crippen molar-refractivity contribution in [2.45, 2.75) is 45.6 Å². The molecule has 2 aromatic rings. The van der Waals surface area contributed by atoms with Gasteiger partial charge in [-0.05, 0) is 62.8 Å². The van der Waals surface area contributed by atoms with Gasteiger partial charge in [-0.1, -0.05) is 6.07 Å². The van der Waals surface area contributed by atoms with E-state index < -0.39 is 0 Å². The van der Waals surface area contributed by atoms with Gasteiger partial charge in [-0.2, -0.15) is 5.10 Å². The van der Waals surface area contributed by atoms with E-state index in [1.165, 1.54) is 24.0 Å². The van der Waals surface area contributed by atoms with Gasteiger partial charge in [-0.25, -0.2) is 4.98 Å². The number of fused-ring (bicyclic) bond motifs is 1. The van der Waals surface area contributed by atoms with Crippen LogP contribution in [0.3, 0.4) is 0 Å². The number of nitrogens with one attached hydrogen (secondary N) is 2. The highest BCUT2D eigenvalue weighted by atomic mass is 16.1. The third-order valence-electron chi connectivity index (χ3n) is 3.96. The van der Waals surface area contributed by atoms with E-state index in [9.17, 15) is 4.79 Å². The molecule has 1 heterocycles. The van der Waals surface area contributed by atoms with Crippen LogP contribution in [0, 0.1) is 6.92 Å². The molecular formula is C16H20N4O. The zero-order valence-corrected chi connectivity index (χ0v) is 12.4. The van der Waals surface area contributed by atoms with Crippen LogP contribution in [0.4, 0.5) is 0 Å². The molecular weight excluding hydrogens is 264 g/mol. The van der Waals surface area contributed by atoms with E-state index >= 15 is 0 Å². The maximum absolute atomic E-state index is 12.3. The van der Waals surface area contributed by atoms with E-state index in [1.54, 1.807) is 0 Å². The summed E-state index contributed by atoms with van der Waals surface area (Å²) in [7, 11) is 0. The van der Waals surface area contributed by atoms with Crippen LogP contribution < -0.4 is 5.32 Å². The number of benzene rings is 1. The molecule has 1 atom stereocenters. The SMILES string of the molecule is Cc1nc(C(C)NC(=O)c2ccc3c(c2)CCCC3)n[nH]1. The summed E-state index contributed by atoms with van der Waals surface area (Å²) in [5.74, 6) is 1.29. The Hall–Kier alpha value is -2.17. The number of hydrogen-bond acceptors (Lipinski definition) is 3. The minimum absolute atomic E-state index is 0.0710. The van der Waals surface area contributed by atoms with E-state index in [0.717, 1.165) is 24.2 Å². The molecule has 1 amide bonds. The van der Waals surface area contributed by atoms with Crippen LogP contribution >= 0.6 is 0 Å². The maximum Gasteiger partial charge on any atom is 0.251 e. The lowest BCUT2D eigenvalue weighted by molar-refractivity contribution is 0.0938. The molecule has 3 rings (SSSR count). The van der Waals surface area contributed by atoms with Gasteiger partial charge < -0.3 is 5.32 Å². The maximum atomic E-state index is 12.3. The summed E-state index contributed by atoms with van der Waals surface area (Å²) < 4.78 is 0. The van der Waals surface area contributed by atoms with Crippen molar-refractivity contribution in [3.8, 4) is 0 Å². The summed E-state index contributed by atoms with van der Waals surface area (Å²) >= 11 is 0. The second kappa shape index (κ2) is 5.68. The van der Waals surface area contributed by atoms with Crippen LogP contribution in [-0.4, -0.2) is 21.1 Å². The van der Waals surface area contributed by atoms with Gasteiger partial charge in [0.05, 0.1) is 6.04 Å². The molecule has 1 aliphatic rings. The average Bonchev–Trinajstić information content (AvgIpc) is 2.93. The minimum atomic E-state index is -0.210. The molecule has 1 aromatic heterocycles. The molecule has 110 valence electrons. The fourth-order valence-electron chi connectivity index (χ4n) is 2.77. The Balaban J connectivity index is 1.73. The highest BCUT2D eigenvalue weighted by Gasteiger charge is 2.17. The molecule has 1 aliphatic carbocycles. The van der Waals surface area contributed by atoms with Gasteiger partial charge in [0.1, 0.15) is 5.82 Å². The van der Waals surface area contributed by atoms with E-state index in [1.807, 2.05) is 26.0 Å². The molecule has 5 nitrogen and oxygen atoms in total. The summed E-state index contributed by atoms with van der Waals surface area (Å²) in [5.41, 5.74) is 3.42. The van der Waals surface area contributed by atoms with Gasteiger partial charge in [-0.3, -0.25) is 9.89 Å². The van der Waals surface area contributed by atoms with Crippen molar-refractivity contribution >= 4 is 5.91 Å². The van der Waals surface area contributed by atoms with Crippen LogP contribution in [0.25, 0.3) is 0 Å². The van der Waals surface area contributed by atoms with Crippen molar-refractivity contribution in [2.75, 3.05) is 0 Å². The quantitative estimate of drug-likeness (QED) is 0.909. The lowest BCUT2D eigenvalue weighted by Crippen LogP contribution is -2.27. The van der Waals surface area contributed by atoms with Crippen LogP contribution in [-0.2, 0) is 12.8 Å². The summed E-state index contributed by atoms with van der Waals surface area (Å²) in [6, 6.07) is 5.82. The number of carbonyl (C=O) groups is 1. The lowest BCUT2D eigenvalue weighted by Gasteiger charge is -2.17. The highest BCUT2D eigenvalue weighted by Crippen LogP contribution is 2.22. The number of hydrogen-bond donors (Lipinski definition) is 2. The number of carbonyl (C=O) groups excluding carboxylic acids is 1. The first kappa shape index (κ1) is 13.8. The molecule has 1 aromatic carbocycles. The van der Waals surface area contributed by atoms with Gasteiger partial charge in [0.2, 0.25) is 0 Å². The molecule has 5 heteroatoms. The van der Waals surface area contributed by atoms with Crippen molar-refractivity contribution in [3.63, 3.8) is 0 Å². The lowest BCUT2D eigenvalue weighted by atomic mass is 9.90. The van der Waals surface area contributed by atoms with Crippen molar-refractivity contribution in [1.29, 1.82) is 0 Å². The normalized spacial score (nSPS) is 15.3. The molecule has 0 radical (unpaired) electrons. The predicted octanol–water partition coefficient (Wildman–Crippen LogP) is 2.48. The molecule has 21 heavy (non-hydrogen) atoms. The number of aryl methyl sites for hydroxylation is 3. The summed E-state index contributed by atoms with van der Waals surface area (Å²) in [4.78, 5) is 16.6. The first-order valence-electron chi connectivity index (χ1n) is 7.45. The van der Waals surface area contributed by atoms with Crippen LogP contribution in [0.5, 0.6) is 0 Å². The average molecular weight is 284 g/mol. The largest absolute Gasteiger partial charge is 0.342 e. The summed E-state index contributed by atoms with van der Waals surface area (Å²) in [6.07, 6.45) is 4.67. The summed E-state index contributed by atoms with van der Waals surface area (Å²) in [6.45, 7) is 3.73. The van der Waals surface area contributed by atoms with E-state index in [2.05, 4.69) is 26.6 Å². The Morgan fingerprint density at radius 3 is 2.76 bits per heavy atom. The second-order valence-corrected chi connectivity index (χ2v) is 5.66. The Morgan fingerprint density at radius 2 is 2.05 bits per heavy atom. The van der Waals surface area contributed by atoms with Crippen molar-refractivity contribution in [2.24, 2.45) is 0 Å². The fraction of sp³-hybridized carbons (Fsp3) is 0.438. The molecule has 0 saturated carbocycles. The van der Waals surface area contributed by atoms with Gasteiger partial charge in [0.15, 0.2) is 5.82 Å². The number of aromatic nitrogens is 3. The van der Waals surface area contributed by atoms with Crippen molar-refractivity contribution in [3.05, 3.63) is 46.5 Å². The molecule has 0 bridgehead atoms. The number of amides is 1. The Morgan fingerprint density at radius 1 is 1.29 bits per heavy atom. The number of rotatable bonds is 3. The number of aromatic amines is 1. The molecule has 0 fully saturated rings. The van der Waals surface area contributed by atoms with Crippen LogP contribution in [0.1, 0.15) is 58.9 Å². The zero-order chi connectivity index (χ0) is 14.8. The molecule has 1 unspecified atom stereocenters. The fourth-order valence-corrected chi connectivity index (χ4v) is 2.77. The van der Waals surface area contributed by atoms with Gasteiger partial charge in [0, 0.05) is 5.56 Å². The van der Waals surface area contributed by atoms with Crippen LogP contribution in [0.15, 0.2) is 18.2 Å². The highest BCUT2D eigenvalue weighted by molar-refractivity contribution is 5.94. The minimum Gasteiger partial charge on any atom is -0.342 e. The van der Waals surface area contributed by atoms with Gasteiger partial charge >= 0.3 is 0 Å². The first-order valence-corrected chi connectivity index (χ1v) is 7.45. The topological polar surface area (TPSA) is 70.7 Å². The zero-order valence-electron chi connectivity index (χ0n) is 12.4. The van der Waals surface area contributed by atoms with Gasteiger partial charge in [0.25, 0.3) is 5.91 Å². The van der Waals surface area contributed by atoms with Crippen molar-refractivity contribution < 1.29 is 4.79 Å². The summed E-state index contributed by atoms with van der Waals surface area (Å²) in [5, 5.41) is 9.82. The third kappa shape index (κ3) is 2.96. The molecule has 0 saturated heterocycles. The molecule has 2 N–H and O–H groups in total. The predicted molar refractivity (Wildman–Crippen MR) is 80.1 cm³/mol. The van der Waals surface area contributed by atoms with E-state index in [-0.39, 0.29) is 11.9 Å². The monoisotopic (exact) mass is 284 g/mol. The van der Waals surface area contributed by atoms with Crippen molar-refractivity contribution in [1.82, 2.24) is 20.5 Å². The third-order valence-corrected chi connectivity index (χ3v) is 3.96. The second-order valence-electron chi connectivity index (χ2n) is 5.66. The smallest absolute Gasteiger partial charge is 0.251 e. The van der Waals surface area contributed by atoms with E-state index in [0.29, 0.717) is 5.82 Å². The number of nitrogens with zero attached hydrogens (tertiary/aromatic N) is 2. The standard InChI is InChI=1S/C16H20N4O/c1-10(15-18-11(2)19-20-15)17-16(21)14-8-7-12-5-3-4-6-13(12)9-14/h7-10H,3-6H2,1-2H3,(H,17,21)(H,18,19,20). The van der Waals surface area contributed by atoms with Crippen LogP contribution in [0.2, 0.25) is 0 Å². The number of H-pyrrole nitrogens is 1. The Bertz CT molecular complexity index is 662. The Labute approximate surface area is 124 Å². The molecule has 0 spiro atoms. The van der Waals surface area contributed by atoms with E-state index in [4.69, 9.17) is 0 Å².